The second kappa shape index (κ2) is 11.0. The van der Waals surface area contributed by atoms with Gasteiger partial charge in [0.25, 0.3) is 0 Å². The molecule has 0 spiro atoms. The number of hydrogen-bond acceptors (Lipinski definition) is 8. The maximum Gasteiger partial charge on any atom is 0.229 e. The van der Waals surface area contributed by atoms with Crippen molar-refractivity contribution in [3.8, 4) is 17.0 Å². The number of fused-ring (bicyclic) bond motifs is 1. The van der Waals surface area contributed by atoms with Gasteiger partial charge in [-0.3, -0.25) is 4.98 Å². The Morgan fingerprint density at radius 3 is 2.66 bits per heavy atom. The SMILES string of the molecule is COCCOc1cc(F)c(-c2ccc3cnc(Nc4cnccc4[C@H]4C[C@@H](N)[C@H](O)[C@@H](C)C4)n3n2)c(F)c1. The monoisotopic (exact) mass is 524 g/mol. The van der Waals surface area contributed by atoms with Crippen LogP contribution in [0.5, 0.6) is 5.75 Å². The number of hydrogen-bond donors (Lipinski definition) is 3. The highest BCUT2D eigenvalue weighted by Gasteiger charge is 2.34. The van der Waals surface area contributed by atoms with Gasteiger partial charge in [-0.25, -0.2) is 13.8 Å². The highest BCUT2D eigenvalue weighted by atomic mass is 19.1. The molecule has 1 aliphatic rings. The predicted octanol–water partition coefficient (Wildman–Crippen LogP) is 4.04. The number of nitrogens with one attached hydrogen (secondary N) is 1. The van der Waals surface area contributed by atoms with E-state index < -0.39 is 17.7 Å². The molecule has 9 nitrogen and oxygen atoms in total. The van der Waals surface area contributed by atoms with Crippen LogP contribution in [-0.4, -0.2) is 57.2 Å². The number of nitrogens with zero attached hydrogens (tertiary/aromatic N) is 4. The summed E-state index contributed by atoms with van der Waals surface area (Å²) in [5, 5.41) is 18.1. The van der Waals surface area contributed by atoms with E-state index in [0.717, 1.165) is 29.8 Å². The number of anilines is 2. The van der Waals surface area contributed by atoms with Crippen LogP contribution in [-0.2, 0) is 4.74 Å². The Balaban J connectivity index is 1.45. The zero-order chi connectivity index (χ0) is 26.8. The van der Waals surface area contributed by atoms with E-state index in [2.05, 4.69) is 20.4 Å². The molecule has 0 bridgehead atoms. The van der Waals surface area contributed by atoms with Gasteiger partial charge in [-0.2, -0.15) is 9.61 Å². The van der Waals surface area contributed by atoms with Crippen molar-refractivity contribution in [3.05, 3.63) is 66.1 Å². The number of nitrogens with two attached hydrogens (primary N) is 1. The molecule has 4 atom stereocenters. The minimum absolute atomic E-state index is 0.0582. The summed E-state index contributed by atoms with van der Waals surface area (Å²) >= 11 is 0. The van der Waals surface area contributed by atoms with Crippen molar-refractivity contribution in [2.24, 2.45) is 11.7 Å². The molecule has 3 aromatic heterocycles. The molecule has 200 valence electrons. The standard InChI is InChI=1S/C27H30F2N6O3/c1-15-9-16(10-22(30)26(15)36)19-5-6-31-14-24(19)33-27-32-13-17-3-4-23(34-35(17)27)25-20(28)11-18(12-21(25)29)38-8-7-37-2/h3-6,11-16,22,26,36H,7-10,30H2,1-2H3,(H,32,33)/t15-,16+,22+,26+/m0/s1. The third-order valence-corrected chi connectivity index (χ3v) is 6.99. The summed E-state index contributed by atoms with van der Waals surface area (Å²) < 4.78 is 41.7. The van der Waals surface area contributed by atoms with E-state index >= 15 is 0 Å². The Labute approximate surface area is 218 Å². The molecule has 4 N–H and O–H groups in total. The van der Waals surface area contributed by atoms with Gasteiger partial charge in [0.1, 0.15) is 24.0 Å². The lowest BCUT2D eigenvalue weighted by atomic mass is 9.74. The minimum Gasteiger partial charge on any atom is -0.491 e. The number of aliphatic hydroxyl groups is 1. The first-order valence-electron chi connectivity index (χ1n) is 12.5. The molecule has 11 heteroatoms. The first-order chi connectivity index (χ1) is 18.4. The van der Waals surface area contributed by atoms with Crippen LogP contribution >= 0.6 is 0 Å². The van der Waals surface area contributed by atoms with Gasteiger partial charge in [0.2, 0.25) is 5.95 Å². The fourth-order valence-corrected chi connectivity index (χ4v) is 5.04. The molecular weight excluding hydrogens is 494 g/mol. The van der Waals surface area contributed by atoms with E-state index in [-0.39, 0.29) is 41.5 Å². The van der Waals surface area contributed by atoms with Crippen LogP contribution < -0.4 is 15.8 Å². The van der Waals surface area contributed by atoms with E-state index in [4.69, 9.17) is 15.2 Å². The van der Waals surface area contributed by atoms with Crippen LogP contribution in [0.3, 0.4) is 0 Å². The maximum atomic E-state index is 15.0. The third kappa shape index (κ3) is 5.17. The Bertz CT molecular complexity index is 1400. The van der Waals surface area contributed by atoms with Gasteiger partial charge in [0.15, 0.2) is 0 Å². The Morgan fingerprint density at radius 2 is 1.92 bits per heavy atom. The lowest BCUT2D eigenvalue weighted by Gasteiger charge is -2.36. The number of imidazole rings is 1. The first kappa shape index (κ1) is 26.0. The van der Waals surface area contributed by atoms with E-state index in [1.807, 2.05) is 13.0 Å². The molecule has 1 aliphatic carbocycles. The molecule has 0 amide bonds. The quantitative estimate of drug-likeness (QED) is 0.296. The van der Waals surface area contributed by atoms with Crippen molar-refractivity contribution in [1.82, 2.24) is 19.6 Å². The van der Waals surface area contributed by atoms with E-state index in [1.54, 1.807) is 30.7 Å². The molecule has 0 unspecified atom stereocenters. The average Bonchev–Trinajstić information content (AvgIpc) is 3.29. The van der Waals surface area contributed by atoms with Crippen LogP contribution in [0.4, 0.5) is 20.4 Å². The molecule has 1 saturated carbocycles. The van der Waals surface area contributed by atoms with Crippen LogP contribution in [0.1, 0.15) is 31.2 Å². The predicted molar refractivity (Wildman–Crippen MR) is 138 cm³/mol. The largest absolute Gasteiger partial charge is 0.491 e. The summed E-state index contributed by atoms with van der Waals surface area (Å²) in [6, 6.07) is 7.10. The molecule has 0 saturated heterocycles. The maximum absolute atomic E-state index is 15.0. The second-order valence-electron chi connectivity index (χ2n) is 9.63. The fourth-order valence-electron chi connectivity index (χ4n) is 5.04. The van der Waals surface area contributed by atoms with Gasteiger partial charge >= 0.3 is 0 Å². The van der Waals surface area contributed by atoms with Gasteiger partial charge in [-0.15, -0.1) is 0 Å². The summed E-state index contributed by atoms with van der Waals surface area (Å²) in [6.45, 7) is 2.47. The Kier molecular flexibility index (Phi) is 7.50. The van der Waals surface area contributed by atoms with Crippen molar-refractivity contribution in [1.29, 1.82) is 0 Å². The number of halogens is 2. The number of methoxy groups -OCH3 is 1. The number of aliphatic hydroxyl groups excluding tert-OH is 1. The number of aromatic nitrogens is 4. The number of pyridine rings is 1. The lowest BCUT2D eigenvalue weighted by molar-refractivity contribution is 0.0521. The molecule has 1 aromatic carbocycles. The van der Waals surface area contributed by atoms with Gasteiger partial charge in [-0.05, 0) is 48.4 Å². The summed E-state index contributed by atoms with van der Waals surface area (Å²) in [5.74, 6) is -0.971. The summed E-state index contributed by atoms with van der Waals surface area (Å²) in [7, 11) is 1.51. The van der Waals surface area contributed by atoms with Crippen LogP contribution in [0.15, 0.2) is 48.9 Å². The average molecular weight is 525 g/mol. The Hall–Kier alpha value is -3.67. The van der Waals surface area contributed by atoms with Crippen molar-refractivity contribution in [2.75, 3.05) is 25.6 Å². The highest BCUT2D eigenvalue weighted by Crippen LogP contribution is 2.39. The van der Waals surface area contributed by atoms with Gasteiger partial charge < -0.3 is 25.6 Å². The molecule has 0 radical (unpaired) electrons. The van der Waals surface area contributed by atoms with Crippen LogP contribution in [0.2, 0.25) is 0 Å². The van der Waals surface area contributed by atoms with E-state index in [9.17, 15) is 13.9 Å². The second-order valence-corrected chi connectivity index (χ2v) is 9.63. The first-order valence-corrected chi connectivity index (χ1v) is 12.5. The van der Waals surface area contributed by atoms with Gasteiger partial charge in [-0.1, -0.05) is 6.92 Å². The molecule has 4 aromatic rings. The Morgan fingerprint density at radius 1 is 1.13 bits per heavy atom. The van der Waals surface area contributed by atoms with Crippen molar-refractivity contribution in [2.45, 2.75) is 37.8 Å². The number of rotatable bonds is 8. The fraction of sp³-hybridized carbons (Fsp3) is 0.370. The van der Waals surface area contributed by atoms with E-state index in [0.29, 0.717) is 24.5 Å². The summed E-state index contributed by atoms with van der Waals surface area (Å²) in [5.41, 5.74) is 8.41. The zero-order valence-corrected chi connectivity index (χ0v) is 21.1. The molecule has 1 fully saturated rings. The topological polar surface area (TPSA) is 120 Å². The smallest absolute Gasteiger partial charge is 0.229 e. The van der Waals surface area contributed by atoms with Gasteiger partial charge in [0.05, 0.1) is 47.6 Å². The lowest BCUT2D eigenvalue weighted by Crippen LogP contribution is -2.44. The van der Waals surface area contributed by atoms with Crippen molar-refractivity contribution < 1.29 is 23.4 Å². The third-order valence-electron chi connectivity index (χ3n) is 6.99. The van der Waals surface area contributed by atoms with Gasteiger partial charge in [0, 0.05) is 31.5 Å². The van der Waals surface area contributed by atoms with Crippen molar-refractivity contribution in [3.63, 3.8) is 0 Å². The van der Waals surface area contributed by atoms with Crippen LogP contribution in [0, 0.1) is 17.6 Å². The molecule has 0 aliphatic heterocycles. The summed E-state index contributed by atoms with van der Waals surface area (Å²) in [4.78, 5) is 8.69. The molecule has 3 heterocycles. The van der Waals surface area contributed by atoms with Crippen LogP contribution in [0.25, 0.3) is 16.8 Å². The molecule has 38 heavy (non-hydrogen) atoms. The number of benzene rings is 1. The highest BCUT2D eigenvalue weighted by molar-refractivity contribution is 5.66. The molecule has 5 rings (SSSR count). The number of ether oxygens (including phenoxy) is 2. The van der Waals surface area contributed by atoms with E-state index in [1.165, 1.54) is 11.6 Å². The summed E-state index contributed by atoms with van der Waals surface area (Å²) in [6.07, 6.45) is 5.92. The minimum atomic E-state index is -0.793. The molecular formula is C27H30F2N6O3. The zero-order valence-electron chi connectivity index (χ0n) is 21.1. The van der Waals surface area contributed by atoms with Crippen molar-refractivity contribution >= 4 is 17.2 Å². The normalized spacial score (nSPS) is 21.5.